The SMILES string of the molecule is CCOC1CC(C(=O)CC#N)C1. The van der Waals surface area contributed by atoms with E-state index in [9.17, 15) is 4.79 Å². The number of nitrogens with zero attached hydrogens (tertiary/aromatic N) is 1. The molecule has 3 heteroatoms. The molecular formula is C9H13NO2. The van der Waals surface area contributed by atoms with Crippen molar-refractivity contribution in [2.24, 2.45) is 5.92 Å². The summed E-state index contributed by atoms with van der Waals surface area (Å²) < 4.78 is 5.30. The molecule has 0 amide bonds. The second kappa shape index (κ2) is 4.22. The largest absolute Gasteiger partial charge is 0.378 e. The van der Waals surface area contributed by atoms with Crippen molar-refractivity contribution in [1.82, 2.24) is 0 Å². The van der Waals surface area contributed by atoms with Gasteiger partial charge in [-0.2, -0.15) is 5.26 Å². The monoisotopic (exact) mass is 167 g/mol. The van der Waals surface area contributed by atoms with Gasteiger partial charge in [-0.3, -0.25) is 4.79 Å². The van der Waals surface area contributed by atoms with Gasteiger partial charge in [0.15, 0.2) is 0 Å². The topological polar surface area (TPSA) is 50.1 Å². The minimum absolute atomic E-state index is 0.0590. The molecule has 3 nitrogen and oxygen atoms in total. The third kappa shape index (κ3) is 2.05. The molecule has 1 saturated carbocycles. The molecule has 0 aromatic heterocycles. The lowest BCUT2D eigenvalue weighted by Gasteiger charge is -2.33. The molecule has 0 aromatic rings. The summed E-state index contributed by atoms with van der Waals surface area (Å²) in [6, 6.07) is 1.87. The van der Waals surface area contributed by atoms with Crippen LogP contribution in [0, 0.1) is 17.2 Å². The van der Waals surface area contributed by atoms with E-state index in [1.165, 1.54) is 0 Å². The van der Waals surface area contributed by atoms with Crippen molar-refractivity contribution >= 4 is 5.78 Å². The summed E-state index contributed by atoms with van der Waals surface area (Å²) in [7, 11) is 0. The summed E-state index contributed by atoms with van der Waals surface area (Å²) >= 11 is 0. The quantitative estimate of drug-likeness (QED) is 0.633. The Kier molecular flexibility index (Phi) is 3.24. The van der Waals surface area contributed by atoms with Crippen LogP contribution in [0.2, 0.25) is 0 Å². The maximum atomic E-state index is 11.1. The summed E-state index contributed by atoms with van der Waals surface area (Å²) in [5, 5.41) is 8.27. The van der Waals surface area contributed by atoms with Gasteiger partial charge < -0.3 is 4.74 Å². The highest BCUT2D eigenvalue weighted by molar-refractivity contribution is 5.83. The summed E-state index contributed by atoms with van der Waals surface area (Å²) in [4.78, 5) is 11.1. The normalized spacial score (nSPS) is 27.3. The number of rotatable bonds is 4. The van der Waals surface area contributed by atoms with Gasteiger partial charge in [-0.1, -0.05) is 0 Å². The standard InChI is InChI=1S/C9H13NO2/c1-2-12-8-5-7(6-8)9(11)3-4-10/h7-8H,2-3,5-6H2,1H3. The first-order valence-electron chi connectivity index (χ1n) is 4.29. The Morgan fingerprint density at radius 2 is 2.33 bits per heavy atom. The van der Waals surface area contributed by atoms with Crippen molar-refractivity contribution in [3.05, 3.63) is 0 Å². The van der Waals surface area contributed by atoms with Crippen molar-refractivity contribution in [2.75, 3.05) is 6.61 Å². The van der Waals surface area contributed by atoms with E-state index in [1.54, 1.807) is 0 Å². The minimum Gasteiger partial charge on any atom is -0.378 e. The highest BCUT2D eigenvalue weighted by Gasteiger charge is 2.34. The Hall–Kier alpha value is -0.880. The molecule has 12 heavy (non-hydrogen) atoms. The number of carbonyl (C=O) groups excluding carboxylic acids is 1. The zero-order valence-electron chi connectivity index (χ0n) is 7.25. The molecule has 1 aliphatic rings. The van der Waals surface area contributed by atoms with E-state index in [0.717, 1.165) is 12.8 Å². The molecule has 0 N–H and O–H groups in total. The maximum absolute atomic E-state index is 11.1. The van der Waals surface area contributed by atoms with Gasteiger partial charge in [0.05, 0.1) is 18.6 Å². The van der Waals surface area contributed by atoms with Crippen LogP contribution >= 0.6 is 0 Å². The van der Waals surface area contributed by atoms with Crippen LogP contribution < -0.4 is 0 Å². The Morgan fingerprint density at radius 1 is 1.67 bits per heavy atom. The molecule has 66 valence electrons. The van der Waals surface area contributed by atoms with E-state index in [-0.39, 0.29) is 24.2 Å². The van der Waals surface area contributed by atoms with Crippen LogP contribution in [0.4, 0.5) is 0 Å². The molecule has 0 heterocycles. The van der Waals surface area contributed by atoms with Crippen molar-refractivity contribution in [2.45, 2.75) is 32.3 Å². The third-order valence-corrected chi connectivity index (χ3v) is 2.21. The van der Waals surface area contributed by atoms with Gasteiger partial charge in [0.25, 0.3) is 0 Å². The molecule has 0 spiro atoms. The van der Waals surface area contributed by atoms with E-state index in [4.69, 9.17) is 10.00 Å². The van der Waals surface area contributed by atoms with Crippen LogP contribution in [-0.2, 0) is 9.53 Å². The van der Waals surface area contributed by atoms with Crippen LogP contribution in [0.25, 0.3) is 0 Å². The van der Waals surface area contributed by atoms with Gasteiger partial charge in [-0.15, -0.1) is 0 Å². The lowest BCUT2D eigenvalue weighted by atomic mass is 9.78. The van der Waals surface area contributed by atoms with Crippen LogP contribution in [0.5, 0.6) is 0 Å². The smallest absolute Gasteiger partial charge is 0.150 e. The highest BCUT2D eigenvalue weighted by Crippen LogP contribution is 2.31. The van der Waals surface area contributed by atoms with Gasteiger partial charge in [0.1, 0.15) is 5.78 Å². The van der Waals surface area contributed by atoms with Crippen LogP contribution in [-0.4, -0.2) is 18.5 Å². The minimum atomic E-state index is 0.0590. The van der Waals surface area contributed by atoms with E-state index in [1.807, 2.05) is 13.0 Å². The average molecular weight is 167 g/mol. The first-order chi connectivity index (χ1) is 5.77. The van der Waals surface area contributed by atoms with Crippen molar-refractivity contribution in [3.8, 4) is 6.07 Å². The molecule has 1 rings (SSSR count). The fraction of sp³-hybridized carbons (Fsp3) is 0.778. The fourth-order valence-electron chi connectivity index (χ4n) is 1.42. The molecule has 1 fully saturated rings. The Balaban J connectivity index is 2.17. The fourth-order valence-corrected chi connectivity index (χ4v) is 1.42. The molecule has 0 aliphatic heterocycles. The molecule has 1 aliphatic carbocycles. The Labute approximate surface area is 72.3 Å². The number of ether oxygens (including phenoxy) is 1. The van der Waals surface area contributed by atoms with E-state index in [2.05, 4.69) is 0 Å². The number of nitriles is 1. The zero-order valence-corrected chi connectivity index (χ0v) is 7.25. The van der Waals surface area contributed by atoms with Crippen LogP contribution in [0.15, 0.2) is 0 Å². The third-order valence-electron chi connectivity index (χ3n) is 2.21. The van der Waals surface area contributed by atoms with E-state index >= 15 is 0 Å². The second-order valence-electron chi connectivity index (χ2n) is 3.05. The summed E-state index contributed by atoms with van der Waals surface area (Å²) in [5.41, 5.74) is 0. The number of Topliss-reactive ketones (excluding diaryl/α,β-unsaturated/α-hetero) is 1. The van der Waals surface area contributed by atoms with Crippen molar-refractivity contribution < 1.29 is 9.53 Å². The highest BCUT2D eigenvalue weighted by atomic mass is 16.5. The van der Waals surface area contributed by atoms with Gasteiger partial charge in [0.2, 0.25) is 0 Å². The van der Waals surface area contributed by atoms with E-state index in [0.29, 0.717) is 6.61 Å². The van der Waals surface area contributed by atoms with Gasteiger partial charge in [0, 0.05) is 12.5 Å². The predicted molar refractivity (Wildman–Crippen MR) is 43.4 cm³/mol. The van der Waals surface area contributed by atoms with Gasteiger partial charge in [-0.05, 0) is 19.8 Å². The summed E-state index contributed by atoms with van der Waals surface area (Å²) in [6.07, 6.45) is 1.95. The van der Waals surface area contributed by atoms with Crippen molar-refractivity contribution in [1.29, 1.82) is 5.26 Å². The number of ketones is 1. The predicted octanol–water partition coefficient (Wildman–Crippen LogP) is 1.28. The Morgan fingerprint density at radius 3 is 2.83 bits per heavy atom. The molecule has 0 saturated heterocycles. The van der Waals surface area contributed by atoms with Crippen LogP contribution in [0.3, 0.4) is 0 Å². The number of hydrogen-bond donors (Lipinski definition) is 0. The molecule has 0 atom stereocenters. The average Bonchev–Trinajstić information content (AvgIpc) is 1.96. The maximum Gasteiger partial charge on any atom is 0.150 e. The second-order valence-corrected chi connectivity index (χ2v) is 3.05. The molecule has 0 aromatic carbocycles. The van der Waals surface area contributed by atoms with E-state index < -0.39 is 0 Å². The van der Waals surface area contributed by atoms with Crippen molar-refractivity contribution in [3.63, 3.8) is 0 Å². The molecule has 0 bridgehead atoms. The molecule has 0 unspecified atom stereocenters. The van der Waals surface area contributed by atoms with Crippen LogP contribution in [0.1, 0.15) is 26.2 Å². The summed E-state index contributed by atoms with van der Waals surface area (Å²) in [5.74, 6) is 0.176. The lowest BCUT2D eigenvalue weighted by Crippen LogP contribution is -2.36. The zero-order chi connectivity index (χ0) is 8.97. The summed E-state index contributed by atoms with van der Waals surface area (Å²) in [6.45, 7) is 2.66. The Bertz CT molecular complexity index is 201. The first kappa shape index (κ1) is 9.21. The lowest BCUT2D eigenvalue weighted by molar-refractivity contribution is -0.130. The molecule has 0 radical (unpaired) electrons. The number of hydrogen-bond acceptors (Lipinski definition) is 3. The molecular weight excluding hydrogens is 154 g/mol. The number of carbonyl (C=O) groups is 1. The van der Waals surface area contributed by atoms with Gasteiger partial charge >= 0.3 is 0 Å². The van der Waals surface area contributed by atoms with Gasteiger partial charge in [-0.25, -0.2) is 0 Å². The first-order valence-corrected chi connectivity index (χ1v) is 4.29.